The average molecular weight is 329 g/mol. The Hall–Kier alpha value is -1.77. The van der Waals surface area contributed by atoms with Gasteiger partial charge in [0.1, 0.15) is 0 Å². The number of amides is 1. The number of alkyl halides is 6. The van der Waals surface area contributed by atoms with Crippen molar-refractivity contribution < 1.29 is 35.9 Å². The van der Waals surface area contributed by atoms with Crippen LogP contribution >= 0.6 is 0 Å². The summed E-state index contributed by atoms with van der Waals surface area (Å²) < 4.78 is 80.5. The molecule has 1 N–H and O–H groups in total. The smallest absolute Gasteiger partial charge is 0.385 e. The molecule has 0 spiro atoms. The number of carbonyl (C=O) groups is 1. The van der Waals surface area contributed by atoms with Crippen molar-refractivity contribution in [2.45, 2.75) is 18.8 Å². The minimum Gasteiger partial charge on any atom is -0.385 e. The molecule has 1 amide bonds. The summed E-state index contributed by atoms with van der Waals surface area (Å²) in [5.74, 6) is -1.01. The first-order valence-electron chi connectivity index (χ1n) is 6.12. The van der Waals surface area contributed by atoms with Gasteiger partial charge in [-0.3, -0.25) is 4.79 Å². The minimum atomic E-state index is -4.98. The van der Waals surface area contributed by atoms with E-state index in [0.29, 0.717) is 25.2 Å². The van der Waals surface area contributed by atoms with Gasteiger partial charge in [0.15, 0.2) is 0 Å². The molecule has 1 rings (SSSR count). The zero-order valence-electron chi connectivity index (χ0n) is 11.4. The molecule has 0 saturated heterocycles. The molecule has 1 aromatic carbocycles. The van der Waals surface area contributed by atoms with E-state index in [1.807, 2.05) is 0 Å². The molecule has 1 aromatic rings. The maximum atomic E-state index is 12.6. The first-order valence-corrected chi connectivity index (χ1v) is 6.12. The Bertz CT molecular complexity index is 492. The summed E-state index contributed by atoms with van der Waals surface area (Å²) in [6.45, 7) is 0.376. The predicted octanol–water partition coefficient (Wildman–Crippen LogP) is 3.49. The van der Waals surface area contributed by atoms with Crippen LogP contribution in [0.15, 0.2) is 18.2 Å². The summed E-state index contributed by atoms with van der Waals surface area (Å²) in [5, 5.41) is 2.24. The molecule has 0 aromatic heterocycles. The fourth-order valence-corrected chi connectivity index (χ4v) is 1.61. The Labute approximate surface area is 122 Å². The first-order chi connectivity index (χ1) is 10.1. The predicted molar refractivity (Wildman–Crippen MR) is 65.3 cm³/mol. The van der Waals surface area contributed by atoms with Gasteiger partial charge in [-0.2, -0.15) is 26.3 Å². The van der Waals surface area contributed by atoms with Crippen LogP contribution in [0.3, 0.4) is 0 Å². The summed E-state index contributed by atoms with van der Waals surface area (Å²) in [6, 6.07) is 0.753. The number of carbonyl (C=O) groups excluding carboxylic acids is 1. The van der Waals surface area contributed by atoms with Crippen LogP contribution in [0, 0.1) is 0 Å². The third kappa shape index (κ3) is 5.21. The molecular weight excluding hydrogens is 316 g/mol. The van der Waals surface area contributed by atoms with Gasteiger partial charge in [-0.15, -0.1) is 0 Å². The number of methoxy groups -OCH3 is 1. The zero-order chi connectivity index (χ0) is 17.0. The van der Waals surface area contributed by atoms with Crippen LogP contribution in [-0.2, 0) is 17.1 Å². The molecule has 0 aliphatic carbocycles. The van der Waals surface area contributed by atoms with Crippen molar-refractivity contribution in [1.82, 2.24) is 5.32 Å². The van der Waals surface area contributed by atoms with Crippen LogP contribution < -0.4 is 5.32 Å². The SMILES string of the molecule is COCCCNC(=O)c1cc(C(F)(F)F)cc(C(F)(F)F)c1. The van der Waals surface area contributed by atoms with Crippen molar-refractivity contribution in [3.05, 3.63) is 34.9 Å². The van der Waals surface area contributed by atoms with E-state index in [1.165, 1.54) is 7.11 Å². The van der Waals surface area contributed by atoms with Gasteiger partial charge in [0, 0.05) is 25.8 Å². The van der Waals surface area contributed by atoms with Gasteiger partial charge in [0.25, 0.3) is 5.91 Å². The number of halogens is 6. The molecule has 3 nitrogen and oxygen atoms in total. The topological polar surface area (TPSA) is 38.3 Å². The van der Waals surface area contributed by atoms with Crippen molar-refractivity contribution >= 4 is 5.91 Å². The van der Waals surface area contributed by atoms with Crippen LogP contribution in [-0.4, -0.2) is 26.2 Å². The molecule has 0 radical (unpaired) electrons. The van der Waals surface area contributed by atoms with E-state index in [0.717, 1.165) is 0 Å². The monoisotopic (exact) mass is 329 g/mol. The molecule has 124 valence electrons. The van der Waals surface area contributed by atoms with E-state index in [2.05, 4.69) is 5.32 Å². The second kappa shape index (κ2) is 6.99. The molecule has 0 unspecified atom stereocenters. The highest BCUT2D eigenvalue weighted by atomic mass is 19.4. The molecule has 0 heterocycles. The number of ether oxygens (including phenoxy) is 1. The molecule has 0 fully saturated rings. The highest BCUT2D eigenvalue weighted by molar-refractivity contribution is 5.94. The van der Waals surface area contributed by atoms with Crippen molar-refractivity contribution in [1.29, 1.82) is 0 Å². The molecule has 0 bridgehead atoms. The average Bonchev–Trinajstić information content (AvgIpc) is 2.41. The van der Waals surface area contributed by atoms with Gasteiger partial charge < -0.3 is 10.1 Å². The van der Waals surface area contributed by atoms with Crippen LogP contribution in [0.25, 0.3) is 0 Å². The number of hydrogen-bond acceptors (Lipinski definition) is 2. The molecule has 9 heteroatoms. The van der Waals surface area contributed by atoms with E-state index < -0.39 is 35.0 Å². The second-order valence-electron chi connectivity index (χ2n) is 4.40. The minimum absolute atomic E-state index is 0.0261. The van der Waals surface area contributed by atoms with Crippen LogP contribution in [0.1, 0.15) is 27.9 Å². The van der Waals surface area contributed by atoms with E-state index in [1.54, 1.807) is 0 Å². The molecule has 0 aliphatic rings. The molecule has 0 aliphatic heterocycles. The van der Waals surface area contributed by atoms with Gasteiger partial charge >= 0.3 is 12.4 Å². The fraction of sp³-hybridized carbons (Fsp3) is 0.462. The summed E-state index contributed by atoms with van der Waals surface area (Å²) in [7, 11) is 1.42. The van der Waals surface area contributed by atoms with Crippen molar-refractivity contribution in [2.24, 2.45) is 0 Å². The van der Waals surface area contributed by atoms with Crippen molar-refractivity contribution in [2.75, 3.05) is 20.3 Å². The first kappa shape index (κ1) is 18.3. The summed E-state index contributed by atoms with van der Waals surface area (Å²) >= 11 is 0. The van der Waals surface area contributed by atoms with Gasteiger partial charge in [0.2, 0.25) is 0 Å². The number of nitrogens with one attached hydrogen (secondary N) is 1. The highest BCUT2D eigenvalue weighted by Gasteiger charge is 2.37. The lowest BCUT2D eigenvalue weighted by atomic mass is 10.0. The molecule has 0 saturated carbocycles. The summed E-state index contributed by atoms with van der Waals surface area (Å²) in [6.07, 6.45) is -9.58. The fourth-order valence-electron chi connectivity index (χ4n) is 1.61. The van der Waals surface area contributed by atoms with Gasteiger partial charge in [-0.05, 0) is 24.6 Å². The van der Waals surface area contributed by atoms with Crippen LogP contribution in [0.2, 0.25) is 0 Å². The third-order valence-corrected chi connectivity index (χ3v) is 2.66. The van der Waals surface area contributed by atoms with Gasteiger partial charge in [0.05, 0.1) is 11.1 Å². The Morgan fingerprint density at radius 1 is 1.05 bits per heavy atom. The summed E-state index contributed by atoms with van der Waals surface area (Å²) in [5.41, 5.74) is -3.74. The molecular formula is C13H13F6NO2. The number of rotatable bonds is 5. The van der Waals surface area contributed by atoms with Crippen LogP contribution in [0.5, 0.6) is 0 Å². The normalized spacial score (nSPS) is 12.3. The van der Waals surface area contributed by atoms with E-state index in [4.69, 9.17) is 4.74 Å². The number of benzene rings is 1. The summed E-state index contributed by atoms with van der Waals surface area (Å²) in [4.78, 5) is 11.7. The van der Waals surface area contributed by atoms with E-state index in [-0.39, 0.29) is 12.6 Å². The standard InChI is InChI=1S/C13H13F6NO2/c1-22-4-2-3-20-11(21)8-5-9(12(14,15)16)7-10(6-8)13(17,18)19/h5-7H,2-4H2,1H3,(H,20,21). The quantitative estimate of drug-likeness (QED) is 0.663. The lowest BCUT2D eigenvalue weighted by Crippen LogP contribution is -2.26. The third-order valence-electron chi connectivity index (χ3n) is 2.66. The van der Waals surface area contributed by atoms with Gasteiger partial charge in [-0.25, -0.2) is 0 Å². The Morgan fingerprint density at radius 2 is 1.55 bits per heavy atom. The van der Waals surface area contributed by atoms with E-state index in [9.17, 15) is 31.1 Å². The Balaban J connectivity index is 3.05. The largest absolute Gasteiger partial charge is 0.416 e. The van der Waals surface area contributed by atoms with Gasteiger partial charge in [-0.1, -0.05) is 0 Å². The lowest BCUT2D eigenvalue weighted by molar-refractivity contribution is -0.143. The van der Waals surface area contributed by atoms with Crippen molar-refractivity contribution in [3.8, 4) is 0 Å². The number of hydrogen-bond donors (Lipinski definition) is 1. The lowest BCUT2D eigenvalue weighted by Gasteiger charge is -2.14. The van der Waals surface area contributed by atoms with E-state index >= 15 is 0 Å². The van der Waals surface area contributed by atoms with Crippen LogP contribution in [0.4, 0.5) is 26.3 Å². The van der Waals surface area contributed by atoms with Crippen molar-refractivity contribution in [3.63, 3.8) is 0 Å². The molecule has 22 heavy (non-hydrogen) atoms. The maximum absolute atomic E-state index is 12.6. The molecule has 0 atom stereocenters. The Morgan fingerprint density at radius 3 is 1.95 bits per heavy atom. The second-order valence-corrected chi connectivity index (χ2v) is 4.40. The zero-order valence-corrected chi connectivity index (χ0v) is 11.4. The maximum Gasteiger partial charge on any atom is 0.416 e. The Kier molecular flexibility index (Phi) is 5.81. The highest BCUT2D eigenvalue weighted by Crippen LogP contribution is 2.36.